The number of cyclic esters (lactones) is 1. The van der Waals surface area contributed by atoms with Crippen LogP contribution in [0.2, 0.25) is 0 Å². The molecule has 2 N–H and O–H groups in total. The summed E-state index contributed by atoms with van der Waals surface area (Å²) < 4.78 is 6.83. The minimum Gasteiger partial charge on any atom is -0.457 e. The van der Waals surface area contributed by atoms with Crippen LogP contribution in [0.15, 0.2) is 36.8 Å². The van der Waals surface area contributed by atoms with Gasteiger partial charge in [0.1, 0.15) is 18.8 Å². The number of aromatic nitrogens is 4. The maximum absolute atomic E-state index is 11.7. The molecule has 0 unspecified atom stereocenters. The number of hydrogen-bond donors (Lipinski definition) is 1. The van der Waals surface area contributed by atoms with E-state index < -0.39 is 0 Å². The SMILES string of the molecule is Cc1ncn(-c2ccc(CN(CCN)CCc3ccc4c(c3C)COC4=O)cn2)n1. The normalized spacial score (nSPS) is 13.0. The Hall–Kier alpha value is -3.10. The Morgan fingerprint density at radius 1 is 1.17 bits per heavy atom. The van der Waals surface area contributed by atoms with Gasteiger partial charge in [-0.05, 0) is 49.1 Å². The van der Waals surface area contributed by atoms with Gasteiger partial charge in [0, 0.05) is 37.9 Å². The molecule has 8 heteroatoms. The van der Waals surface area contributed by atoms with Crippen molar-refractivity contribution in [3.05, 3.63) is 70.4 Å². The lowest BCUT2D eigenvalue weighted by molar-refractivity contribution is 0.0535. The molecule has 0 spiro atoms. The number of nitrogens with two attached hydrogens (primary N) is 1. The van der Waals surface area contributed by atoms with Gasteiger partial charge in [-0.25, -0.2) is 19.4 Å². The maximum atomic E-state index is 11.7. The molecule has 1 aliphatic rings. The van der Waals surface area contributed by atoms with Crippen molar-refractivity contribution in [2.45, 2.75) is 33.4 Å². The van der Waals surface area contributed by atoms with Crippen LogP contribution in [0.25, 0.3) is 5.82 Å². The van der Waals surface area contributed by atoms with E-state index >= 15 is 0 Å². The first-order valence-corrected chi connectivity index (χ1v) is 10.1. The lowest BCUT2D eigenvalue weighted by atomic mass is 9.96. The van der Waals surface area contributed by atoms with E-state index in [9.17, 15) is 4.79 Å². The molecule has 156 valence electrons. The number of esters is 1. The highest BCUT2D eigenvalue weighted by atomic mass is 16.5. The van der Waals surface area contributed by atoms with Crippen LogP contribution >= 0.6 is 0 Å². The van der Waals surface area contributed by atoms with E-state index in [-0.39, 0.29) is 5.97 Å². The molecule has 0 saturated heterocycles. The van der Waals surface area contributed by atoms with Gasteiger partial charge in [0.15, 0.2) is 5.82 Å². The minimum absolute atomic E-state index is 0.221. The summed E-state index contributed by atoms with van der Waals surface area (Å²) in [5.74, 6) is 1.24. The summed E-state index contributed by atoms with van der Waals surface area (Å²) in [5.41, 5.74) is 11.1. The molecule has 0 aliphatic carbocycles. The smallest absolute Gasteiger partial charge is 0.338 e. The van der Waals surface area contributed by atoms with Crippen molar-refractivity contribution < 1.29 is 9.53 Å². The molecule has 1 aliphatic heterocycles. The first-order chi connectivity index (χ1) is 14.5. The topological polar surface area (TPSA) is 99.2 Å². The zero-order chi connectivity index (χ0) is 21.1. The Bertz CT molecular complexity index is 1040. The van der Waals surface area contributed by atoms with Gasteiger partial charge in [0.2, 0.25) is 0 Å². The molecular weight excluding hydrogens is 380 g/mol. The third-order valence-corrected chi connectivity index (χ3v) is 5.48. The van der Waals surface area contributed by atoms with E-state index in [1.54, 1.807) is 11.0 Å². The van der Waals surface area contributed by atoms with E-state index in [1.807, 2.05) is 31.3 Å². The fraction of sp³-hybridized carbons (Fsp3) is 0.364. The number of carbonyl (C=O) groups excluding carboxylic acids is 1. The number of carbonyl (C=O) groups is 1. The predicted octanol–water partition coefficient (Wildman–Crippen LogP) is 1.95. The highest BCUT2D eigenvalue weighted by molar-refractivity contribution is 5.93. The van der Waals surface area contributed by atoms with Gasteiger partial charge < -0.3 is 10.5 Å². The lowest BCUT2D eigenvalue weighted by Gasteiger charge is -2.22. The summed E-state index contributed by atoms with van der Waals surface area (Å²) in [4.78, 5) is 22.7. The van der Waals surface area contributed by atoms with Gasteiger partial charge in [0.25, 0.3) is 0 Å². The minimum atomic E-state index is -0.221. The molecule has 2 aromatic heterocycles. The third kappa shape index (κ3) is 4.24. The van der Waals surface area contributed by atoms with Crippen molar-refractivity contribution in [3.63, 3.8) is 0 Å². The monoisotopic (exact) mass is 406 g/mol. The Kier molecular flexibility index (Phi) is 5.87. The number of aryl methyl sites for hydroxylation is 1. The van der Waals surface area contributed by atoms with Crippen LogP contribution in [-0.4, -0.2) is 50.3 Å². The van der Waals surface area contributed by atoms with E-state index in [0.29, 0.717) is 24.5 Å². The lowest BCUT2D eigenvalue weighted by Crippen LogP contribution is -2.31. The second-order valence-electron chi connectivity index (χ2n) is 7.53. The zero-order valence-electron chi connectivity index (χ0n) is 17.3. The number of ether oxygens (including phenoxy) is 1. The molecule has 3 heterocycles. The summed E-state index contributed by atoms with van der Waals surface area (Å²) in [6, 6.07) is 7.94. The van der Waals surface area contributed by atoms with Crippen molar-refractivity contribution in [1.82, 2.24) is 24.6 Å². The summed E-state index contributed by atoms with van der Waals surface area (Å²) in [6.45, 7) is 7.33. The van der Waals surface area contributed by atoms with Crippen molar-refractivity contribution >= 4 is 5.97 Å². The fourth-order valence-electron chi connectivity index (χ4n) is 3.76. The first-order valence-electron chi connectivity index (χ1n) is 10.1. The molecule has 1 aromatic carbocycles. The van der Waals surface area contributed by atoms with Crippen molar-refractivity contribution in [1.29, 1.82) is 0 Å². The Morgan fingerprint density at radius 2 is 2.03 bits per heavy atom. The van der Waals surface area contributed by atoms with Crippen LogP contribution < -0.4 is 5.73 Å². The van der Waals surface area contributed by atoms with Gasteiger partial charge >= 0.3 is 5.97 Å². The summed E-state index contributed by atoms with van der Waals surface area (Å²) in [5, 5.41) is 4.29. The van der Waals surface area contributed by atoms with Crippen LogP contribution in [0.3, 0.4) is 0 Å². The van der Waals surface area contributed by atoms with Crippen molar-refractivity contribution in [2.24, 2.45) is 5.73 Å². The second-order valence-corrected chi connectivity index (χ2v) is 7.53. The molecule has 0 bridgehead atoms. The molecule has 30 heavy (non-hydrogen) atoms. The number of benzene rings is 1. The quantitative estimate of drug-likeness (QED) is 0.571. The Balaban J connectivity index is 1.41. The fourth-order valence-corrected chi connectivity index (χ4v) is 3.76. The van der Waals surface area contributed by atoms with Crippen LogP contribution in [-0.2, 0) is 24.3 Å². The maximum Gasteiger partial charge on any atom is 0.338 e. The second kappa shape index (κ2) is 8.73. The summed E-state index contributed by atoms with van der Waals surface area (Å²) >= 11 is 0. The van der Waals surface area contributed by atoms with E-state index in [0.717, 1.165) is 48.6 Å². The molecule has 0 atom stereocenters. The van der Waals surface area contributed by atoms with E-state index in [4.69, 9.17) is 10.5 Å². The Labute approximate surface area is 175 Å². The van der Waals surface area contributed by atoms with Crippen LogP contribution in [0.1, 0.15) is 38.4 Å². The molecule has 0 fully saturated rings. The number of fused-ring (bicyclic) bond motifs is 1. The Morgan fingerprint density at radius 3 is 2.73 bits per heavy atom. The van der Waals surface area contributed by atoms with Crippen LogP contribution in [0.4, 0.5) is 0 Å². The largest absolute Gasteiger partial charge is 0.457 e. The zero-order valence-corrected chi connectivity index (χ0v) is 17.3. The van der Waals surface area contributed by atoms with E-state index in [2.05, 4.69) is 33.0 Å². The van der Waals surface area contributed by atoms with Gasteiger partial charge in [-0.2, -0.15) is 5.10 Å². The predicted molar refractivity (Wildman–Crippen MR) is 112 cm³/mol. The number of nitrogens with zero attached hydrogens (tertiary/aromatic N) is 5. The molecule has 4 rings (SSSR count). The third-order valence-electron chi connectivity index (χ3n) is 5.48. The molecule has 0 saturated carbocycles. The number of hydrogen-bond acceptors (Lipinski definition) is 7. The summed E-state index contributed by atoms with van der Waals surface area (Å²) in [6.07, 6.45) is 4.42. The molecule has 0 amide bonds. The van der Waals surface area contributed by atoms with Crippen molar-refractivity contribution in [2.75, 3.05) is 19.6 Å². The van der Waals surface area contributed by atoms with Crippen LogP contribution in [0.5, 0.6) is 0 Å². The first kappa shape index (κ1) is 20.2. The number of rotatable bonds is 8. The average Bonchev–Trinajstić information content (AvgIpc) is 3.34. The van der Waals surface area contributed by atoms with E-state index in [1.165, 1.54) is 5.56 Å². The highest BCUT2D eigenvalue weighted by Crippen LogP contribution is 2.26. The highest BCUT2D eigenvalue weighted by Gasteiger charge is 2.23. The van der Waals surface area contributed by atoms with Gasteiger partial charge in [0.05, 0.1) is 5.56 Å². The molecule has 8 nitrogen and oxygen atoms in total. The van der Waals surface area contributed by atoms with Gasteiger partial charge in [-0.1, -0.05) is 12.1 Å². The summed E-state index contributed by atoms with van der Waals surface area (Å²) in [7, 11) is 0. The number of pyridine rings is 1. The molecule has 3 aromatic rings. The van der Waals surface area contributed by atoms with Gasteiger partial charge in [-0.15, -0.1) is 0 Å². The van der Waals surface area contributed by atoms with Crippen molar-refractivity contribution in [3.8, 4) is 5.82 Å². The van der Waals surface area contributed by atoms with Crippen LogP contribution in [0, 0.1) is 13.8 Å². The van der Waals surface area contributed by atoms with Gasteiger partial charge in [-0.3, -0.25) is 4.90 Å². The average molecular weight is 406 g/mol. The molecular formula is C22H26N6O2. The molecule has 0 radical (unpaired) electrons. The standard InChI is InChI=1S/C22H26N6O2/c1-15-18(4-5-19-20(15)13-30-22(19)29)7-9-27(10-8-23)12-17-3-6-21(24-11-17)28-14-25-16(2)26-28/h3-6,11,14H,7-10,12-13,23H2,1-2H3.